The predicted octanol–water partition coefficient (Wildman–Crippen LogP) is 4.98. The SMILES string of the molecule is ClN=Nc1nc(-c2ccccc2)[nH]c1-c1ccccc1. The summed E-state index contributed by atoms with van der Waals surface area (Å²) >= 11 is 5.36. The summed E-state index contributed by atoms with van der Waals surface area (Å²) in [5, 5.41) is 3.88. The zero-order valence-electron chi connectivity index (χ0n) is 10.5. The molecule has 0 saturated heterocycles. The van der Waals surface area contributed by atoms with E-state index in [4.69, 9.17) is 11.8 Å². The normalized spacial score (nSPS) is 11.1. The fourth-order valence-electron chi connectivity index (χ4n) is 2.01. The molecule has 0 aliphatic carbocycles. The molecule has 0 unspecified atom stereocenters. The molecular weight excluding hydrogens is 272 g/mol. The fourth-order valence-corrected chi connectivity index (χ4v) is 2.08. The van der Waals surface area contributed by atoms with E-state index in [0.29, 0.717) is 5.82 Å². The average molecular weight is 283 g/mol. The molecule has 0 saturated carbocycles. The van der Waals surface area contributed by atoms with Crippen LogP contribution < -0.4 is 0 Å². The third-order valence-electron chi connectivity index (χ3n) is 2.93. The van der Waals surface area contributed by atoms with Crippen LogP contribution in [0.4, 0.5) is 5.82 Å². The van der Waals surface area contributed by atoms with E-state index in [0.717, 1.165) is 22.6 Å². The van der Waals surface area contributed by atoms with Crippen LogP contribution in [0, 0.1) is 0 Å². The molecule has 0 aliphatic rings. The summed E-state index contributed by atoms with van der Waals surface area (Å²) in [4.78, 5) is 7.72. The molecule has 0 atom stereocenters. The van der Waals surface area contributed by atoms with Crippen LogP contribution in [-0.4, -0.2) is 9.97 Å². The van der Waals surface area contributed by atoms with E-state index in [-0.39, 0.29) is 0 Å². The zero-order chi connectivity index (χ0) is 13.8. The van der Waals surface area contributed by atoms with Crippen LogP contribution in [0.25, 0.3) is 22.6 Å². The van der Waals surface area contributed by atoms with E-state index in [9.17, 15) is 0 Å². The average Bonchev–Trinajstić information content (AvgIpc) is 2.94. The molecule has 0 fully saturated rings. The van der Waals surface area contributed by atoms with Crippen molar-refractivity contribution in [3.05, 3.63) is 60.7 Å². The molecule has 5 heteroatoms. The lowest BCUT2D eigenvalue weighted by Crippen LogP contribution is -1.80. The number of imidazole rings is 1. The first-order chi connectivity index (χ1) is 9.88. The maximum Gasteiger partial charge on any atom is 0.201 e. The predicted molar refractivity (Wildman–Crippen MR) is 79.8 cm³/mol. The molecular formula is C15H11ClN4. The summed E-state index contributed by atoms with van der Waals surface area (Å²) in [6.45, 7) is 0. The number of hydrogen-bond donors (Lipinski definition) is 1. The molecule has 2 aromatic carbocycles. The van der Waals surface area contributed by atoms with Crippen LogP contribution in [0.15, 0.2) is 70.4 Å². The fraction of sp³-hybridized carbons (Fsp3) is 0. The van der Waals surface area contributed by atoms with E-state index >= 15 is 0 Å². The Balaban J connectivity index is 2.13. The second-order valence-corrected chi connectivity index (χ2v) is 4.34. The van der Waals surface area contributed by atoms with E-state index in [1.807, 2.05) is 60.7 Å². The summed E-state index contributed by atoms with van der Waals surface area (Å²) < 4.78 is 3.31. The Kier molecular flexibility index (Phi) is 3.56. The van der Waals surface area contributed by atoms with Gasteiger partial charge in [-0.25, -0.2) is 4.98 Å². The second-order valence-electron chi connectivity index (χ2n) is 4.19. The number of H-pyrrole nitrogens is 1. The zero-order valence-corrected chi connectivity index (χ0v) is 11.2. The third kappa shape index (κ3) is 2.46. The van der Waals surface area contributed by atoms with Gasteiger partial charge in [-0.3, -0.25) is 0 Å². The quantitative estimate of drug-likeness (QED) is 0.677. The maximum absolute atomic E-state index is 5.36. The lowest BCUT2D eigenvalue weighted by Gasteiger charge is -1.97. The van der Waals surface area contributed by atoms with Gasteiger partial charge in [-0.05, 0) is 0 Å². The minimum absolute atomic E-state index is 0.477. The van der Waals surface area contributed by atoms with Crippen LogP contribution >= 0.6 is 11.8 Å². The van der Waals surface area contributed by atoms with Gasteiger partial charge in [-0.2, -0.15) is 0 Å². The van der Waals surface area contributed by atoms with Crippen molar-refractivity contribution >= 4 is 17.6 Å². The van der Waals surface area contributed by atoms with Crippen molar-refractivity contribution in [2.24, 2.45) is 9.75 Å². The Hall–Kier alpha value is -2.46. The standard InChI is InChI=1S/C15H11ClN4/c16-20-19-15-13(11-7-3-1-4-8-11)17-14(18-15)12-9-5-2-6-10-12/h1-10H,(H,17,18). The van der Waals surface area contributed by atoms with Crippen molar-refractivity contribution in [3.8, 4) is 22.6 Å². The van der Waals surface area contributed by atoms with Gasteiger partial charge in [0.2, 0.25) is 5.82 Å². The molecule has 3 rings (SSSR count). The third-order valence-corrected chi connectivity index (χ3v) is 3.00. The van der Waals surface area contributed by atoms with Crippen LogP contribution in [0.5, 0.6) is 0 Å². The molecule has 98 valence electrons. The first-order valence-corrected chi connectivity index (χ1v) is 6.45. The minimum atomic E-state index is 0.477. The van der Waals surface area contributed by atoms with Crippen molar-refractivity contribution in [3.63, 3.8) is 0 Å². The maximum atomic E-state index is 5.36. The lowest BCUT2D eigenvalue weighted by molar-refractivity contribution is 1.24. The Morgan fingerprint density at radius 2 is 1.45 bits per heavy atom. The smallest absolute Gasteiger partial charge is 0.201 e. The molecule has 0 spiro atoms. The van der Waals surface area contributed by atoms with Gasteiger partial charge in [0.15, 0.2) is 0 Å². The molecule has 3 aromatic rings. The molecule has 20 heavy (non-hydrogen) atoms. The number of benzene rings is 2. The Bertz CT molecular complexity index is 720. The van der Waals surface area contributed by atoms with Gasteiger partial charge in [0, 0.05) is 11.1 Å². The van der Waals surface area contributed by atoms with E-state index < -0.39 is 0 Å². The van der Waals surface area contributed by atoms with Gasteiger partial charge in [-0.15, -0.1) is 5.11 Å². The van der Waals surface area contributed by atoms with Gasteiger partial charge in [0.1, 0.15) is 5.82 Å². The van der Waals surface area contributed by atoms with Crippen molar-refractivity contribution in [1.82, 2.24) is 9.97 Å². The highest BCUT2D eigenvalue weighted by Gasteiger charge is 2.12. The monoisotopic (exact) mass is 282 g/mol. The number of nitrogens with one attached hydrogen (secondary N) is 1. The minimum Gasteiger partial charge on any atom is -0.336 e. The topological polar surface area (TPSA) is 53.4 Å². The lowest BCUT2D eigenvalue weighted by atomic mass is 10.1. The highest BCUT2D eigenvalue weighted by Crippen LogP contribution is 2.31. The Labute approximate surface area is 121 Å². The van der Waals surface area contributed by atoms with Crippen LogP contribution in [0.1, 0.15) is 0 Å². The molecule has 1 N–H and O–H groups in total. The molecule has 0 amide bonds. The van der Waals surface area contributed by atoms with Crippen molar-refractivity contribution in [2.75, 3.05) is 0 Å². The van der Waals surface area contributed by atoms with E-state index in [1.54, 1.807) is 0 Å². The summed E-state index contributed by atoms with van der Waals surface area (Å²) in [7, 11) is 0. The Morgan fingerprint density at radius 3 is 2.05 bits per heavy atom. The second kappa shape index (κ2) is 5.67. The molecule has 1 heterocycles. The van der Waals surface area contributed by atoms with Gasteiger partial charge in [0.25, 0.3) is 0 Å². The number of halogens is 1. The Morgan fingerprint density at radius 1 is 0.850 bits per heavy atom. The van der Waals surface area contributed by atoms with Gasteiger partial charge < -0.3 is 4.98 Å². The summed E-state index contributed by atoms with van der Waals surface area (Å²) in [6, 6.07) is 19.7. The highest BCUT2D eigenvalue weighted by molar-refractivity contribution is 6.14. The van der Waals surface area contributed by atoms with Crippen molar-refractivity contribution in [1.29, 1.82) is 0 Å². The molecule has 4 nitrogen and oxygen atoms in total. The molecule has 0 bridgehead atoms. The first kappa shape index (κ1) is 12.6. The van der Waals surface area contributed by atoms with Crippen LogP contribution in [0.3, 0.4) is 0 Å². The molecule has 0 radical (unpaired) electrons. The van der Waals surface area contributed by atoms with Crippen molar-refractivity contribution < 1.29 is 0 Å². The number of nitrogens with zero attached hydrogens (tertiary/aromatic N) is 3. The van der Waals surface area contributed by atoms with Crippen molar-refractivity contribution in [2.45, 2.75) is 0 Å². The van der Waals surface area contributed by atoms with Gasteiger partial charge in [0.05, 0.1) is 17.5 Å². The summed E-state index contributed by atoms with van der Waals surface area (Å²) in [5.41, 5.74) is 2.77. The van der Waals surface area contributed by atoms with Crippen LogP contribution in [-0.2, 0) is 0 Å². The number of rotatable bonds is 3. The number of aromatic amines is 1. The van der Waals surface area contributed by atoms with E-state index in [2.05, 4.69) is 19.7 Å². The largest absolute Gasteiger partial charge is 0.336 e. The number of aromatic nitrogens is 2. The summed E-state index contributed by atoms with van der Waals surface area (Å²) in [6.07, 6.45) is 0. The van der Waals surface area contributed by atoms with Crippen LogP contribution in [0.2, 0.25) is 0 Å². The molecule has 0 aliphatic heterocycles. The number of hydrogen-bond acceptors (Lipinski definition) is 3. The van der Waals surface area contributed by atoms with E-state index in [1.165, 1.54) is 0 Å². The van der Waals surface area contributed by atoms with Gasteiger partial charge in [-0.1, -0.05) is 65.3 Å². The van der Waals surface area contributed by atoms with Gasteiger partial charge >= 0.3 is 0 Å². The highest BCUT2D eigenvalue weighted by atomic mass is 35.5. The summed E-state index contributed by atoms with van der Waals surface area (Å²) in [5.74, 6) is 1.22. The first-order valence-electron chi connectivity index (χ1n) is 6.11. The molecule has 1 aromatic heterocycles.